The van der Waals surface area contributed by atoms with Gasteiger partial charge >= 0.3 is 11.9 Å². The summed E-state index contributed by atoms with van der Waals surface area (Å²) >= 11 is 0. The van der Waals surface area contributed by atoms with Crippen LogP contribution in [0.3, 0.4) is 0 Å². The van der Waals surface area contributed by atoms with E-state index in [2.05, 4.69) is 28.8 Å². The minimum Gasteiger partial charge on any atom is -0.459 e. The van der Waals surface area contributed by atoms with Gasteiger partial charge < -0.3 is 15.0 Å². The number of carbonyl (C=O) groups excluding carboxylic acids is 2. The fraction of sp³-hybridized carbons (Fsp3) is 0.818. The van der Waals surface area contributed by atoms with E-state index in [4.69, 9.17) is 0 Å². The van der Waals surface area contributed by atoms with Crippen molar-refractivity contribution in [2.45, 2.75) is 27.2 Å². The van der Waals surface area contributed by atoms with Crippen molar-refractivity contribution in [2.75, 3.05) is 32.8 Å². The van der Waals surface area contributed by atoms with E-state index in [1.807, 2.05) is 0 Å². The van der Waals surface area contributed by atoms with Gasteiger partial charge in [-0.25, -0.2) is 4.79 Å². The van der Waals surface area contributed by atoms with Crippen LogP contribution < -0.4 is 5.32 Å². The smallest absolute Gasteiger partial charge is 0.396 e. The fourth-order valence-electron chi connectivity index (χ4n) is 1.34. The average Bonchev–Trinajstić information content (AvgIpc) is 2.28. The number of ether oxygens (including phenoxy) is 1. The Hall–Kier alpha value is -1.10. The van der Waals surface area contributed by atoms with Crippen LogP contribution in [0.4, 0.5) is 0 Å². The van der Waals surface area contributed by atoms with Crippen LogP contribution in [0.1, 0.15) is 27.2 Å². The summed E-state index contributed by atoms with van der Waals surface area (Å²) in [5.41, 5.74) is 0. The van der Waals surface area contributed by atoms with E-state index in [-0.39, 0.29) is 6.61 Å². The topological polar surface area (TPSA) is 58.6 Å². The standard InChI is InChI=1S/C11H22N2O3/c1-4-8-13(5-2)9-7-12-10(14)11(15)16-6-3/h4-9H2,1-3H3,(H,12,14). The maximum absolute atomic E-state index is 11.2. The summed E-state index contributed by atoms with van der Waals surface area (Å²) in [4.78, 5) is 24.3. The summed E-state index contributed by atoms with van der Waals surface area (Å²) < 4.78 is 4.57. The maximum Gasteiger partial charge on any atom is 0.396 e. The second-order valence-corrected chi connectivity index (χ2v) is 3.41. The van der Waals surface area contributed by atoms with Crippen molar-refractivity contribution in [1.82, 2.24) is 10.2 Å². The van der Waals surface area contributed by atoms with Gasteiger partial charge in [0, 0.05) is 13.1 Å². The molecule has 0 heterocycles. The third kappa shape index (κ3) is 6.40. The molecule has 5 nitrogen and oxygen atoms in total. The van der Waals surface area contributed by atoms with Gasteiger partial charge in [-0.05, 0) is 26.4 Å². The van der Waals surface area contributed by atoms with Crippen molar-refractivity contribution in [2.24, 2.45) is 0 Å². The molecule has 0 atom stereocenters. The number of hydrogen-bond donors (Lipinski definition) is 1. The molecule has 0 aromatic carbocycles. The van der Waals surface area contributed by atoms with E-state index in [0.29, 0.717) is 6.54 Å². The van der Waals surface area contributed by atoms with Gasteiger partial charge in [-0.2, -0.15) is 0 Å². The van der Waals surface area contributed by atoms with E-state index < -0.39 is 11.9 Å². The zero-order valence-corrected chi connectivity index (χ0v) is 10.4. The van der Waals surface area contributed by atoms with Gasteiger partial charge in [0.2, 0.25) is 0 Å². The Morgan fingerprint density at radius 2 is 1.88 bits per heavy atom. The Morgan fingerprint density at radius 3 is 2.38 bits per heavy atom. The molecule has 94 valence electrons. The SMILES string of the molecule is CCCN(CC)CCNC(=O)C(=O)OCC. The van der Waals surface area contributed by atoms with Crippen LogP contribution in [0.5, 0.6) is 0 Å². The Kier molecular flexibility index (Phi) is 8.52. The quantitative estimate of drug-likeness (QED) is 0.508. The van der Waals surface area contributed by atoms with Crippen LogP contribution in [0, 0.1) is 0 Å². The minimum atomic E-state index is -0.805. The molecule has 1 amide bonds. The number of likely N-dealkylation sites (N-methyl/N-ethyl adjacent to an activating group) is 1. The predicted octanol–water partition coefficient (Wildman–Crippen LogP) is 0.398. The molecule has 0 aromatic rings. The largest absolute Gasteiger partial charge is 0.459 e. The van der Waals surface area contributed by atoms with Gasteiger partial charge in [-0.15, -0.1) is 0 Å². The van der Waals surface area contributed by atoms with Crippen LogP contribution in [0.25, 0.3) is 0 Å². The molecule has 0 rings (SSSR count). The summed E-state index contributed by atoms with van der Waals surface area (Å²) in [7, 11) is 0. The summed E-state index contributed by atoms with van der Waals surface area (Å²) in [5.74, 6) is -1.46. The first-order valence-corrected chi connectivity index (χ1v) is 5.82. The van der Waals surface area contributed by atoms with Crippen LogP contribution in [-0.4, -0.2) is 49.6 Å². The number of esters is 1. The first-order chi connectivity index (χ1) is 7.65. The molecule has 0 bridgehead atoms. The number of hydrogen-bond acceptors (Lipinski definition) is 4. The minimum absolute atomic E-state index is 0.225. The molecule has 0 aromatic heterocycles. The molecule has 1 N–H and O–H groups in total. The van der Waals surface area contributed by atoms with Crippen LogP contribution in [0.15, 0.2) is 0 Å². The van der Waals surface area contributed by atoms with Crippen LogP contribution >= 0.6 is 0 Å². The number of rotatable bonds is 7. The zero-order chi connectivity index (χ0) is 12.4. The molecule has 0 saturated carbocycles. The first-order valence-electron chi connectivity index (χ1n) is 5.82. The van der Waals surface area contributed by atoms with E-state index in [9.17, 15) is 9.59 Å². The normalized spacial score (nSPS) is 10.2. The third-order valence-electron chi connectivity index (χ3n) is 2.16. The summed E-state index contributed by atoms with van der Waals surface area (Å²) in [6.07, 6.45) is 1.08. The molecular weight excluding hydrogens is 208 g/mol. The molecule has 0 aliphatic heterocycles. The third-order valence-corrected chi connectivity index (χ3v) is 2.16. The molecule has 5 heteroatoms. The predicted molar refractivity (Wildman–Crippen MR) is 62.0 cm³/mol. The highest BCUT2D eigenvalue weighted by atomic mass is 16.5. The van der Waals surface area contributed by atoms with Gasteiger partial charge in [0.1, 0.15) is 0 Å². The summed E-state index contributed by atoms with van der Waals surface area (Å²) in [5, 5.41) is 2.54. The van der Waals surface area contributed by atoms with E-state index >= 15 is 0 Å². The van der Waals surface area contributed by atoms with Crippen molar-refractivity contribution >= 4 is 11.9 Å². The Labute approximate surface area is 97.1 Å². The van der Waals surface area contributed by atoms with Crippen molar-refractivity contribution in [3.63, 3.8) is 0 Å². The molecule has 0 radical (unpaired) electrons. The lowest BCUT2D eigenvalue weighted by atomic mass is 10.4. The molecule has 16 heavy (non-hydrogen) atoms. The molecule has 0 fully saturated rings. The second-order valence-electron chi connectivity index (χ2n) is 3.41. The van der Waals surface area contributed by atoms with Gasteiger partial charge in [0.05, 0.1) is 6.61 Å². The number of amides is 1. The number of nitrogens with zero attached hydrogens (tertiary/aromatic N) is 1. The molecular formula is C11H22N2O3. The van der Waals surface area contributed by atoms with Gasteiger partial charge in [-0.3, -0.25) is 4.79 Å². The first kappa shape index (κ1) is 14.9. The zero-order valence-electron chi connectivity index (χ0n) is 10.4. The van der Waals surface area contributed by atoms with Crippen LogP contribution in [0.2, 0.25) is 0 Å². The van der Waals surface area contributed by atoms with E-state index in [1.165, 1.54) is 0 Å². The van der Waals surface area contributed by atoms with Crippen molar-refractivity contribution in [1.29, 1.82) is 0 Å². The molecule has 0 aliphatic carbocycles. The molecule has 0 aliphatic rings. The summed E-state index contributed by atoms with van der Waals surface area (Å²) in [6.45, 7) is 9.27. The lowest BCUT2D eigenvalue weighted by molar-refractivity contribution is -0.154. The van der Waals surface area contributed by atoms with E-state index in [1.54, 1.807) is 6.92 Å². The van der Waals surface area contributed by atoms with Crippen molar-refractivity contribution < 1.29 is 14.3 Å². The second kappa shape index (κ2) is 9.15. The monoisotopic (exact) mass is 230 g/mol. The Balaban J connectivity index is 3.71. The van der Waals surface area contributed by atoms with Crippen molar-refractivity contribution in [3.05, 3.63) is 0 Å². The highest BCUT2D eigenvalue weighted by Gasteiger charge is 2.13. The fourth-order valence-corrected chi connectivity index (χ4v) is 1.34. The highest BCUT2D eigenvalue weighted by molar-refractivity contribution is 6.32. The van der Waals surface area contributed by atoms with E-state index in [0.717, 1.165) is 26.1 Å². The Bertz CT molecular complexity index is 219. The van der Waals surface area contributed by atoms with Crippen LogP contribution in [-0.2, 0) is 14.3 Å². The molecule has 0 spiro atoms. The average molecular weight is 230 g/mol. The Morgan fingerprint density at radius 1 is 1.19 bits per heavy atom. The maximum atomic E-state index is 11.2. The molecule has 0 saturated heterocycles. The lowest BCUT2D eigenvalue weighted by Gasteiger charge is -2.19. The van der Waals surface area contributed by atoms with Gasteiger partial charge in [0.15, 0.2) is 0 Å². The van der Waals surface area contributed by atoms with Crippen molar-refractivity contribution in [3.8, 4) is 0 Å². The highest BCUT2D eigenvalue weighted by Crippen LogP contribution is 1.89. The molecule has 0 unspecified atom stereocenters. The van der Waals surface area contributed by atoms with Gasteiger partial charge in [0.25, 0.3) is 0 Å². The number of nitrogens with one attached hydrogen (secondary N) is 1. The summed E-state index contributed by atoms with van der Waals surface area (Å²) in [6, 6.07) is 0. The number of carbonyl (C=O) groups is 2. The lowest BCUT2D eigenvalue weighted by Crippen LogP contribution is -2.38. The van der Waals surface area contributed by atoms with Gasteiger partial charge in [-0.1, -0.05) is 13.8 Å².